The van der Waals surface area contributed by atoms with E-state index in [0.717, 1.165) is 0 Å². The molecule has 0 heterocycles. The van der Waals surface area contributed by atoms with Crippen molar-refractivity contribution in [2.45, 2.75) is 6.92 Å². The molecule has 1 aromatic carbocycles. The highest BCUT2D eigenvalue weighted by molar-refractivity contribution is 5.91. The highest BCUT2D eigenvalue weighted by Gasteiger charge is 2.16. The third kappa shape index (κ3) is 5.50. The molecule has 8 nitrogen and oxygen atoms in total. The molecule has 0 N–H and O–H groups in total. The summed E-state index contributed by atoms with van der Waals surface area (Å²) < 4.78 is 15.1. The lowest BCUT2D eigenvalue weighted by Gasteiger charge is -2.14. The first-order chi connectivity index (χ1) is 10.7. The summed E-state index contributed by atoms with van der Waals surface area (Å²) in [6.45, 7) is 1.86. The quantitative estimate of drug-likeness (QED) is 0.787. The van der Waals surface area contributed by atoms with Crippen LogP contribution in [0.1, 0.15) is 17.3 Å². The van der Waals surface area contributed by atoms with Crippen molar-refractivity contribution in [3.8, 4) is 11.5 Å². The lowest BCUT2D eigenvalue weighted by atomic mass is 10.2. The van der Waals surface area contributed by atoms with Crippen LogP contribution in [0.2, 0.25) is 0 Å². The van der Waals surface area contributed by atoms with Crippen LogP contribution in [0, 0.1) is 0 Å². The van der Waals surface area contributed by atoms with Gasteiger partial charge >= 0.3 is 18.2 Å². The van der Waals surface area contributed by atoms with E-state index in [-0.39, 0.29) is 23.7 Å². The maximum Gasteiger partial charge on any atom is 0.414 e. The van der Waals surface area contributed by atoms with Crippen LogP contribution in [-0.2, 0) is 4.74 Å². The van der Waals surface area contributed by atoms with Crippen molar-refractivity contribution in [1.29, 1.82) is 0 Å². The minimum Gasteiger partial charge on any atom is -0.462 e. The Kier molecular flexibility index (Phi) is 6.37. The lowest BCUT2D eigenvalue weighted by molar-refractivity contribution is 0.0525. The summed E-state index contributed by atoms with van der Waals surface area (Å²) in [5.41, 5.74) is 0.109. The summed E-state index contributed by atoms with van der Waals surface area (Å²) in [4.78, 5) is 37.6. The zero-order valence-corrected chi connectivity index (χ0v) is 13.8. The van der Waals surface area contributed by atoms with Gasteiger partial charge in [-0.05, 0) is 19.1 Å². The molecule has 0 saturated carbocycles. The number of esters is 1. The number of hydrogen-bond acceptors (Lipinski definition) is 6. The second-order valence-corrected chi connectivity index (χ2v) is 4.94. The van der Waals surface area contributed by atoms with Crippen molar-refractivity contribution < 1.29 is 28.6 Å². The van der Waals surface area contributed by atoms with Gasteiger partial charge in [-0.25, -0.2) is 14.4 Å². The Balaban J connectivity index is 3.13. The van der Waals surface area contributed by atoms with E-state index in [1.54, 1.807) is 6.92 Å². The fourth-order valence-corrected chi connectivity index (χ4v) is 1.41. The number of rotatable bonds is 4. The van der Waals surface area contributed by atoms with E-state index in [1.165, 1.54) is 56.2 Å². The maximum absolute atomic E-state index is 11.9. The summed E-state index contributed by atoms with van der Waals surface area (Å²) in [6, 6.07) is 4.02. The van der Waals surface area contributed by atoms with Crippen LogP contribution in [0.5, 0.6) is 11.5 Å². The van der Waals surface area contributed by atoms with Crippen LogP contribution < -0.4 is 9.47 Å². The Morgan fingerprint density at radius 2 is 1.30 bits per heavy atom. The summed E-state index contributed by atoms with van der Waals surface area (Å²) >= 11 is 0. The largest absolute Gasteiger partial charge is 0.462 e. The Bertz CT molecular complexity index is 557. The SMILES string of the molecule is CCOC(=O)c1cc(OC(=O)N(C)C)cc(OC(=O)N(C)C)c1. The second kappa shape index (κ2) is 8.02. The van der Waals surface area contributed by atoms with Gasteiger partial charge in [-0.3, -0.25) is 0 Å². The predicted molar refractivity (Wildman–Crippen MR) is 81.8 cm³/mol. The topological polar surface area (TPSA) is 85.4 Å². The van der Waals surface area contributed by atoms with Crippen molar-refractivity contribution in [1.82, 2.24) is 9.80 Å². The van der Waals surface area contributed by atoms with Gasteiger partial charge in [0.05, 0.1) is 12.2 Å². The number of nitrogens with zero attached hydrogens (tertiary/aromatic N) is 2. The number of carbonyl (C=O) groups is 3. The highest BCUT2D eigenvalue weighted by atomic mass is 16.6. The summed E-state index contributed by atoms with van der Waals surface area (Å²) in [6.07, 6.45) is -1.26. The number of hydrogen-bond donors (Lipinski definition) is 0. The molecule has 1 rings (SSSR count). The highest BCUT2D eigenvalue weighted by Crippen LogP contribution is 2.24. The fourth-order valence-electron chi connectivity index (χ4n) is 1.41. The molecule has 0 saturated heterocycles. The Morgan fingerprint density at radius 1 is 0.870 bits per heavy atom. The van der Waals surface area contributed by atoms with Crippen molar-refractivity contribution in [3.63, 3.8) is 0 Å². The van der Waals surface area contributed by atoms with Crippen LogP contribution >= 0.6 is 0 Å². The van der Waals surface area contributed by atoms with Gasteiger partial charge in [0.2, 0.25) is 0 Å². The molecule has 0 aromatic heterocycles. The monoisotopic (exact) mass is 324 g/mol. The van der Waals surface area contributed by atoms with Crippen LogP contribution in [0.3, 0.4) is 0 Å². The summed E-state index contributed by atoms with van der Waals surface area (Å²) in [5.74, 6) is -0.482. The fraction of sp³-hybridized carbons (Fsp3) is 0.400. The van der Waals surface area contributed by atoms with E-state index in [0.29, 0.717) is 0 Å². The smallest absolute Gasteiger partial charge is 0.414 e. The van der Waals surface area contributed by atoms with Crippen LogP contribution in [0.15, 0.2) is 18.2 Å². The Labute approximate surface area is 134 Å². The Morgan fingerprint density at radius 3 is 1.65 bits per heavy atom. The molecule has 2 amide bonds. The average molecular weight is 324 g/mol. The normalized spacial score (nSPS) is 9.78. The molecular formula is C15H20N2O6. The molecule has 0 atom stereocenters. The molecule has 0 fully saturated rings. The standard InChI is InChI=1S/C15H20N2O6/c1-6-21-13(18)10-7-11(22-14(19)16(2)3)9-12(8-10)23-15(20)17(4)5/h7-9H,6H2,1-5H3. The number of carbonyl (C=O) groups excluding carboxylic acids is 3. The minimum absolute atomic E-state index is 0.0656. The number of benzene rings is 1. The summed E-state index contributed by atoms with van der Waals surface area (Å²) in [7, 11) is 6.07. The van der Waals surface area contributed by atoms with E-state index in [9.17, 15) is 14.4 Å². The Hall–Kier alpha value is -2.77. The van der Waals surface area contributed by atoms with Gasteiger partial charge in [-0.15, -0.1) is 0 Å². The molecule has 23 heavy (non-hydrogen) atoms. The second-order valence-electron chi connectivity index (χ2n) is 4.94. The maximum atomic E-state index is 11.9. The van der Waals surface area contributed by atoms with Crippen LogP contribution in [0.25, 0.3) is 0 Å². The third-order valence-electron chi connectivity index (χ3n) is 2.53. The third-order valence-corrected chi connectivity index (χ3v) is 2.53. The first-order valence-corrected chi connectivity index (χ1v) is 6.85. The van der Waals surface area contributed by atoms with E-state index >= 15 is 0 Å². The lowest BCUT2D eigenvalue weighted by Crippen LogP contribution is -2.26. The van der Waals surface area contributed by atoms with Crippen LogP contribution in [-0.4, -0.2) is 62.8 Å². The molecule has 8 heteroatoms. The van der Waals surface area contributed by atoms with Gasteiger partial charge in [0.25, 0.3) is 0 Å². The van der Waals surface area contributed by atoms with E-state index in [4.69, 9.17) is 14.2 Å². The molecule has 0 unspecified atom stereocenters. The average Bonchev–Trinajstić information content (AvgIpc) is 2.46. The van der Waals surface area contributed by atoms with E-state index in [2.05, 4.69) is 0 Å². The van der Waals surface area contributed by atoms with Gasteiger partial charge in [-0.1, -0.05) is 0 Å². The van der Waals surface area contributed by atoms with Crippen molar-refractivity contribution in [3.05, 3.63) is 23.8 Å². The van der Waals surface area contributed by atoms with Gasteiger partial charge < -0.3 is 24.0 Å². The molecule has 0 radical (unpaired) electrons. The zero-order valence-electron chi connectivity index (χ0n) is 13.8. The molecule has 0 bridgehead atoms. The molecule has 0 spiro atoms. The molecular weight excluding hydrogens is 304 g/mol. The first kappa shape index (κ1) is 18.3. The van der Waals surface area contributed by atoms with Gasteiger partial charge in [0, 0.05) is 34.3 Å². The molecule has 0 aliphatic carbocycles. The van der Waals surface area contributed by atoms with Crippen molar-refractivity contribution >= 4 is 18.2 Å². The molecule has 1 aromatic rings. The molecule has 126 valence electrons. The summed E-state index contributed by atoms with van der Waals surface area (Å²) in [5, 5.41) is 0. The number of amides is 2. The number of ether oxygens (including phenoxy) is 3. The van der Waals surface area contributed by atoms with Gasteiger partial charge in [0.15, 0.2) is 0 Å². The molecule has 0 aliphatic rings. The van der Waals surface area contributed by atoms with E-state index < -0.39 is 18.2 Å². The van der Waals surface area contributed by atoms with Gasteiger partial charge in [-0.2, -0.15) is 0 Å². The zero-order chi connectivity index (χ0) is 17.6. The van der Waals surface area contributed by atoms with Gasteiger partial charge in [0.1, 0.15) is 11.5 Å². The predicted octanol–water partition coefficient (Wildman–Crippen LogP) is 1.98. The van der Waals surface area contributed by atoms with Crippen molar-refractivity contribution in [2.24, 2.45) is 0 Å². The first-order valence-electron chi connectivity index (χ1n) is 6.85. The van der Waals surface area contributed by atoms with Crippen LogP contribution in [0.4, 0.5) is 9.59 Å². The van der Waals surface area contributed by atoms with Crippen molar-refractivity contribution in [2.75, 3.05) is 34.8 Å². The minimum atomic E-state index is -0.629. The molecule has 0 aliphatic heterocycles. The van der Waals surface area contributed by atoms with E-state index in [1.807, 2.05) is 0 Å².